The third-order valence-corrected chi connectivity index (χ3v) is 2.90. The van der Waals surface area contributed by atoms with Gasteiger partial charge < -0.3 is 10.1 Å². The van der Waals surface area contributed by atoms with Crippen molar-refractivity contribution >= 4 is 11.6 Å². The number of alkyl halides is 1. The molecular formula is C10H20ClNO. The number of methoxy groups -OCH3 is 1. The predicted molar refractivity (Wildman–Crippen MR) is 56.3 cm³/mol. The monoisotopic (exact) mass is 205 g/mol. The van der Waals surface area contributed by atoms with E-state index < -0.39 is 0 Å². The molecule has 0 aromatic heterocycles. The van der Waals surface area contributed by atoms with E-state index in [9.17, 15) is 0 Å². The molecule has 1 N–H and O–H groups in total. The maximum Gasteiger partial charge on any atom is 0.0693 e. The SMILES string of the molecule is COCC(Cl)CNCC1CCCC1. The molecule has 3 heteroatoms. The van der Waals surface area contributed by atoms with Gasteiger partial charge in [0.05, 0.1) is 12.0 Å². The van der Waals surface area contributed by atoms with Crippen molar-refractivity contribution in [2.75, 3.05) is 26.8 Å². The van der Waals surface area contributed by atoms with Gasteiger partial charge in [-0.25, -0.2) is 0 Å². The summed E-state index contributed by atoms with van der Waals surface area (Å²) in [5, 5.41) is 3.52. The Hall–Kier alpha value is 0.210. The van der Waals surface area contributed by atoms with Gasteiger partial charge in [0, 0.05) is 13.7 Å². The van der Waals surface area contributed by atoms with Crippen molar-refractivity contribution in [1.29, 1.82) is 0 Å². The van der Waals surface area contributed by atoms with E-state index in [1.807, 2.05) is 0 Å². The fourth-order valence-corrected chi connectivity index (χ4v) is 2.13. The van der Waals surface area contributed by atoms with Crippen LogP contribution in [0.3, 0.4) is 0 Å². The van der Waals surface area contributed by atoms with Crippen LogP contribution >= 0.6 is 11.6 Å². The minimum Gasteiger partial charge on any atom is -0.383 e. The van der Waals surface area contributed by atoms with E-state index in [0.29, 0.717) is 6.61 Å². The minimum absolute atomic E-state index is 0.117. The molecule has 2 nitrogen and oxygen atoms in total. The molecule has 1 saturated carbocycles. The summed E-state index contributed by atoms with van der Waals surface area (Å²) in [4.78, 5) is 0. The minimum atomic E-state index is 0.117. The summed E-state index contributed by atoms with van der Waals surface area (Å²) in [6.45, 7) is 2.64. The lowest BCUT2D eigenvalue weighted by Gasteiger charge is -2.13. The van der Waals surface area contributed by atoms with Crippen molar-refractivity contribution in [2.24, 2.45) is 5.92 Å². The first-order chi connectivity index (χ1) is 6.33. The van der Waals surface area contributed by atoms with Gasteiger partial charge in [-0.1, -0.05) is 12.8 Å². The molecule has 0 aromatic carbocycles. The Morgan fingerprint density at radius 3 is 2.77 bits per heavy atom. The molecule has 78 valence electrons. The summed E-state index contributed by atoms with van der Waals surface area (Å²) >= 11 is 5.98. The molecule has 1 aliphatic rings. The Labute approximate surface area is 86.0 Å². The standard InChI is InChI=1S/C10H20ClNO/c1-13-8-10(11)7-12-6-9-4-2-3-5-9/h9-10,12H,2-8H2,1H3. The van der Waals surface area contributed by atoms with Gasteiger partial charge >= 0.3 is 0 Å². The number of halogens is 1. The summed E-state index contributed by atoms with van der Waals surface area (Å²) in [6, 6.07) is 0. The average Bonchev–Trinajstić information content (AvgIpc) is 2.57. The van der Waals surface area contributed by atoms with Crippen molar-refractivity contribution in [3.8, 4) is 0 Å². The van der Waals surface area contributed by atoms with Gasteiger partial charge in [0.15, 0.2) is 0 Å². The lowest BCUT2D eigenvalue weighted by molar-refractivity contribution is 0.196. The van der Waals surface area contributed by atoms with Crippen LogP contribution < -0.4 is 5.32 Å². The molecule has 1 atom stereocenters. The molecule has 0 radical (unpaired) electrons. The van der Waals surface area contributed by atoms with Gasteiger partial charge in [0.1, 0.15) is 0 Å². The van der Waals surface area contributed by atoms with E-state index in [1.54, 1.807) is 7.11 Å². The molecule has 1 rings (SSSR count). The summed E-state index contributed by atoms with van der Waals surface area (Å²) in [5.41, 5.74) is 0. The Morgan fingerprint density at radius 1 is 1.46 bits per heavy atom. The zero-order valence-electron chi connectivity index (χ0n) is 8.39. The molecule has 13 heavy (non-hydrogen) atoms. The topological polar surface area (TPSA) is 21.3 Å². The molecule has 0 aliphatic heterocycles. The van der Waals surface area contributed by atoms with Gasteiger partial charge in [-0.2, -0.15) is 0 Å². The first-order valence-electron chi connectivity index (χ1n) is 5.16. The largest absolute Gasteiger partial charge is 0.383 e. The van der Waals surface area contributed by atoms with Crippen molar-refractivity contribution in [1.82, 2.24) is 5.32 Å². The van der Waals surface area contributed by atoms with Crippen LogP contribution in [0, 0.1) is 5.92 Å². The molecule has 1 unspecified atom stereocenters. The highest BCUT2D eigenvalue weighted by atomic mass is 35.5. The van der Waals surface area contributed by atoms with Crippen LogP contribution in [0.2, 0.25) is 0 Å². The maximum atomic E-state index is 5.98. The highest BCUT2D eigenvalue weighted by Gasteiger charge is 2.14. The molecule has 0 saturated heterocycles. The first-order valence-corrected chi connectivity index (χ1v) is 5.60. The number of hydrogen-bond acceptors (Lipinski definition) is 2. The maximum absolute atomic E-state index is 5.98. The van der Waals surface area contributed by atoms with Gasteiger partial charge in [0.2, 0.25) is 0 Å². The molecular weight excluding hydrogens is 186 g/mol. The number of hydrogen-bond donors (Lipinski definition) is 1. The highest BCUT2D eigenvalue weighted by Crippen LogP contribution is 2.23. The van der Waals surface area contributed by atoms with Gasteiger partial charge in [-0.05, 0) is 25.3 Å². The summed E-state index contributed by atoms with van der Waals surface area (Å²) < 4.78 is 4.95. The third kappa shape index (κ3) is 4.84. The normalized spacial score (nSPS) is 20.8. The van der Waals surface area contributed by atoms with Gasteiger partial charge in [0.25, 0.3) is 0 Å². The van der Waals surface area contributed by atoms with Crippen LogP contribution in [0.1, 0.15) is 25.7 Å². The second kappa shape index (κ2) is 6.63. The Bertz CT molecular complexity index is 126. The van der Waals surface area contributed by atoms with E-state index in [1.165, 1.54) is 25.7 Å². The van der Waals surface area contributed by atoms with Crippen LogP contribution in [0.4, 0.5) is 0 Å². The number of nitrogens with one attached hydrogen (secondary N) is 1. The van der Waals surface area contributed by atoms with Crippen molar-refractivity contribution in [3.05, 3.63) is 0 Å². The fourth-order valence-electron chi connectivity index (χ4n) is 1.90. The molecule has 0 heterocycles. The molecule has 0 bridgehead atoms. The Kier molecular flexibility index (Phi) is 5.76. The van der Waals surface area contributed by atoms with E-state index in [-0.39, 0.29) is 5.38 Å². The second-order valence-electron chi connectivity index (χ2n) is 3.86. The zero-order chi connectivity index (χ0) is 9.52. The fraction of sp³-hybridized carbons (Fsp3) is 1.00. The first kappa shape index (κ1) is 11.3. The number of rotatable bonds is 6. The second-order valence-corrected chi connectivity index (χ2v) is 4.48. The Morgan fingerprint density at radius 2 is 2.15 bits per heavy atom. The average molecular weight is 206 g/mol. The van der Waals surface area contributed by atoms with Crippen LogP contribution in [-0.4, -0.2) is 32.2 Å². The predicted octanol–water partition coefficient (Wildman–Crippen LogP) is 2.02. The van der Waals surface area contributed by atoms with Gasteiger partial charge in [-0.3, -0.25) is 0 Å². The number of ether oxygens (including phenoxy) is 1. The molecule has 1 aliphatic carbocycles. The molecule has 0 spiro atoms. The van der Waals surface area contributed by atoms with Crippen molar-refractivity contribution in [2.45, 2.75) is 31.1 Å². The summed E-state index contributed by atoms with van der Waals surface area (Å²) in [6.07, 6.45) is 5.61. The van der Waals surface area contributed by atoms with Crippen LogP contribution in [0.5, 0.6) is 0 Å². The summed E-state index contributed by atoms with van der Waals surface area (Å²) in [5.74, 6) is 0.895. The quantitative estimate of drug-likeness (QED) is 0.670. The van der Waals surface area contributed by atoms with Crippen LogP contribution in [0.25, 0.3) is 0 Å². The highest BCUT2D eigenvalue weighted by molar-refractivity contribution is 6.20. The van der Waals surface area contributed by atoms with Crippen molar-refractivity contribution < 1.29 is 4.74 Å². The zero-order valence-corrected chi connectivity index (χ0v) is 9.15. The molecule has 1 fully saturated rings. The summed E-state index contributed by atoms with van der Waals surface area (Å²) in [7, 11) is 1.69. The smallest absolute Gasteiger partial charge is 0.0693 e. The molecule has 0 aromatic rings. The van der Waals surface area contributed by atoms with E-state index in [4.69, 9.17) is 16.3 Å². The van der Waals surface area contributed by atoms with E-state index >= 15 is 0 Å². The van der Waals surface area contributed by atoms with E-state index in [0.717, 1.165) is 19.0 Å². The van der Waals surface area contributed by atoms with Crippen molar-refractivity contribution in [3.63, 3.8) is 0 Å². The van der Waals surface area contributed by atoms with Crippen LogP contribution in [0.15, 0.2) is 0 Å². The van der Waals surface area contributed by atoms with Crippen LogP contribution in [-0.2, 0) is 4.74 Å². The lowest BCUT2D eigenvalue weighted by atomic mass is 10.1. The lowest BCUT2D eigenvalue weighted by Crippen LogP contribution is -2.29. The molecule has 0 amide bonds. The van der Waals surface area contributed by atoms with E-state index in [2.05, 4.69) is 5.32 Å². The van der Waals surface area contributed by atoms with Gasteiger partial charge in [-0.15, -0.1) is 11.6 Å². The Balaban J connectivity index is 1.93. The third-order valence-electron chi connectivity index (χ3n) is 2.62.